The first kappa shape index (κ1) is 27.2. The molecule has 0 amide bonds. The van der Waals surface area contributed by atoms with Gasteiger partial charge in [0.2, 0.25) is 0 Å². The minimum atomic E-state index is -0.906. The van der Waals surface area contributed by atoms with Crippen LogP contribution in [0.1, 0.15) is 82.3 Å². The number of likely N-dealkylation sites (N-methyl/N-ethyl adjacent to an activating group) is 1. The van der Waals surface area contributed by atoms with Crippen molar-refractivity contribution in [1.29, 1.82) is 0 Å². The van der Waals surface area contributed by atoms with Crippen molar-refractivity contribution in [3.8, 4) is 0 Å². The monoisotopic (exact) mass is 481 g/mol. The summed E-state index contributed by atoms with van der Waals surface area (Å²) in [5.74, 6) is -0.0331. The summed E-state index contributed by atoms with van der Waals surface area (Å²) in [5, 5.41) is 17.5. The van der Waals surface area contributed by atoms with Crippen molar-refractivity contribution >= 4 is 17.3 Å². The van der Waals surface area contributed by atoms with Gasteiger partial charge in [0.05, 0.1) is 30.8 Å². The van der Waals surface area contributed by atoms with E-state index in [9.17, 15) is 19.5 Å². The zero-order chi connectivity index (χ0) is 27.3. The molecule has 1 rings (SSSR count). The molecule has 7 nitrogen and oxygen atoms in total. The third-order valence-electron chi connectivity index (χ3n) is 6.75. The molecule has 1 fully saturated rings. The minimum absolute atomic E-state index is 0.0114. The van der Waals surface area contributed by atoms with Crippen molar-refractivity contribution in [2.24, 2.45) is 11.8 Å². The summed E-state index contributed by atoms with van der Waals surface area (Å²) in [6.07, 6.45) is 6.37. The van der Waals surface area contributed by atoms with Crippen molar-refractivity contribution in [2.45, 2.75) is 104 Å². The second kappa shape index (κ2) is 16.3. The molecule has 0 bridgehead atoms. The number of carbonyl (C=O) groups is 3. The average molecular weight is 482 g/mol. The molecule has 1 saturated heterocycles. The van der Waals surface area contributed by atoms with Crippen LogP contribution in [0.15, 0.2) is 12.2 Å². The van der Waals surface area contributed by atoms with E-state index in [4.69, 9.17) is 2.74 Å². The Balaban J connectivity index is 2.96. The lowest BCUT2D eigenvalue weighted by atomic mass is 9.89. The van der Waals surface area contributed by atoms with Crippen molar-refractivity contribution in [3.05, 3.63) is 12.2 Å². The predicted molar refractivity (Wildman–Crippen MR) is 138 cm³/mol. The maximum Gasteiger partial charge on any atom is 0.163 e. The van der Waals surface area contributed by atoms with Crippen molar-refractivity contribution in [1.82, 2.24) is 15.5 Å². The number of hydrogen-bond donors (Lipinski definition) is 3. The van der Waals surface area contributed by atoms with Gasteiger partial charge in [0.25, 0.3) is 0 Å². The van der Waals surface area contributed by atoms with E-state index >= 15 is 0 Å². The molecule has 0 saturated carbocycles. The summed E-state index contributed by atoms with van der Waals surface area (Å²) in [6, 6.07) is -1.39. The number of aliphatic hydroxyl groups is 1. The van der Waals surface area contributed by atoms with Crippen LogP contribution in [0.4, 0.5) is 0 Å². The first-order valence-electron chi connectivity index (χ1n) is 14.0. The second-order valence-electron chi connectivity index (χ2n) is 10.1. The van der Waals surface area contributed by atoms with Gasteiger partial charge in [-0.25, -0.2) is 0 Å². The Morgan fingerprint density at radius 2 is 1.76 bits per heavy atom. The van der Waals surface area contributed by atoms with Gasteiger partial charge in [-0.2, -0.15) is 0 Å². The van der Waals surface area contributed by atoms with Crippen LogP contribution in [0.25, 0.3) is 0 Å². The summed E-state index contributed by atoms with van der Waals surface area (Å²) >= 11 is 0. The largest absolute Gasteiger partial charge is 0.391 e. The topological polar surface area (TPSA) is 98.7 Å². The maximum absolute atomic E-state index is 13.3. The highest BCUT2D eigenvalue weighted by Crippen LogP contribution is 2.19. The number of rotatable bonds is 6. The van der Waals surface area contributed by atoms with Crippen LogP contribution in [-0.2, 0) is 14.4 Å². The highest BCUT2D eigenvalue weighted by molar-refractivity contribution is 5.88. The standard InChI is InChI=1S/C27H49N3O4/c1-7-8-9-13-20(4)27(34)26-23(32)15-12-16-28-25(19(2)3)24(33)18-29-21(5)22(31)14-10-11-17-30(26)6/h8-9,19-21,25-29,34H,7,10-18H2,1-6H3/t20-,21+,25+,26-,27?/m1/s1/i1D2. The van der Waals surface area contributed by atoms with Crippen LogP contribution in [0.3, 0.4) is 0 Å². The minimum Gasteiger partial charge on any atom is -0.391 e. The molecule has 0 aromatic carbocycles. The molecule has 34 heavy (non-hydrogen) atoms. The Hall–Kier alpha value is -1.41. The van der Waals surface area contributed by atoms with Gasteiger partial charge >= 0.3 is 0 Å². The number of aliphatic hydroxyl groups excluding tert-OH is 1. The van der Waals surface area contributed by atoms with Gasteiger partial charge in [-0.1, -0.05) is 39.8 Å². The van der Waals surface area contributed by atoms with Gasteiger partial charge in [-0.3, -0.25) is 19.3 Å². The zero-order valence-corrected chi connectivity index (χ0v) is 21.9. The number of hydrogen-bond acceptors (Lipinski definition) is 7. The summed E-state index contributed by atoms with van der Waals surface area (Å²) in [4.78, 5) is 40.5. The van der Waals surface area contributed by atoms with E-state index in [1.165, 1.54) is 0 Å². The number of nitrogens with one attached hydrogen (secondary N) is 2. The second-order valence-corrected chi connectivity index (χ2v) is 10.1. The summed E-state index contributed by atoms with van der Waals surface area (Å²) in [7, 11) is 1.85. The lowest BCUT2D eigenvalue weighted by Crippen LogP contribution is -2.50. The molecule has 1 unspecified atom stereocenters. The van der Waals surface area contributed by atoms with E-state index < -0.39 is 19.0 Å². The van der Waals surface area contributed by atoms with Crippen LogP contribution >= 0.6 is 0 Å². The molecular weight excluding hydrogens is 430 g/mol. The van der Waals surface area contributed by atoms with E-state index in [1.807, 2.05) is 38.8 Å². The average Bonchev–Trinajstić information content (AvgIpc) is 2.81. The lowest BCUT2D eigenvalue weighted by molar-refractivity contribution is -0.129. The van der Waals surface area contributed by atoms with E-state index in [2.05, 4.69) is 10.6 Å². The van der Waals surface area contributed by atoms with Gasteiger partial charge in [-0.05, 0) is 71.0 Å². The Labute approximate surface area is 209 Å². The predicted octanol–water partition coefficient (Wildman–Crippen LogP) is 2.90. The number of carbonyl (C=O) groups excluding carboxylic acids is 3. The Morgan fingerprint density at radius 3 is 2.44 bits per heavy atom. The van der Waals surface area contributed by atoms with Gasteiger partial charge in [-0.15, -0.1) is 0 Å². The Morgan fingerprint density at radius 1 is 1.06 bits per heavy atom. The highest BCUT2D eigenvalue weighted by atomic mass is 16.3. The fourth-order valence-corrected chi connectivity index (χ4v) is 4.44. The van der Waals surface area contributed by atoms with Crippen molar-refractivity contribution < 1.29 is 22.2 Å². The van der Waals surface area contributed by atoms with Crippen LogP contribution < -0.4 is 10.6 Å². The van der Waals surface area contributed by atoms with Gasteiger partial charge < -0.3 is 15.7 Å². The Kier molecular flexibility index (Phi) is 13.0. The van der Waals surface area contributed by atoms with Crippen LogP contribution in [0.5, 0.6) is 0 Å². The van der Waals surface area contributed by atoms with E-state index in [-0.39, 0.29) is 47.8 Å². The van der Waals surface area contributed by atoms with Crippen LogP contribution in [-0.4, -0.2) is 78.3 Å². The molecule has 196 valence electrons. The summed E-state index contributed by atoms with van der Waals surface area (Å²) in [6.45, 7) is 7.99. The number of Topliss-reactive ketones (excluding diaryl/α,β-unsaturated/α-hetero) is 3. The molecule has 5 atom stereocenters. The number of nitrogens with zero attached hydrogens (tertiary/aromatic N) is 1. The molecule has 0 aromatic rings. The highest BCUT2D eigenvalue weighted by Gasteiger charge is 2.33. The summed E-state index contributed by atoms with van der Waals surface area (Å²) in [5.41, 5.74) is 0. The smallest absolute Gasteiger partial charge is 0.163 e. The van der Waals surface area contributed by atoms with E-state index in [1.54, 1.807) is 13.0 Å². The molecule has 0 radical (unpaired) electrons. The molecule has 1 heterocycles. The molecule has 0 spiro atoms. The molecule has 0 aromatic heterocycles. The fraction of sp³-hybridized carbons (Fsp3) is 0.815. The lowest BCUT2D eigenvalue weighted by Gasteiger charge is -2.34. The fourth-order valence-electron chi connectivity index (χ4n) is 4.44. The number of allylic oxidation sites excluding steroid dienone is 2. The van der Waals surface area contributed by atoms with Gasteiger partial charge in [0.15, 0.2) is 11.6 Å². The third-order valence-corrected chi connectivity index (χ3v) is 6.75. The first-order chi connectivity index (χ1) is 17.0. The first-order valence-corrected chi connectivity index (χ1v) is 12.9. The third kappa shape index (κ3) is 10.5. The van der Waals surface area contributed by atoms with Gasteiger partial charge in [0.1, 0.15) is 5.78 Å². The van der Waals surface area contributed by atoms with Crippen LogP contribution in [0.2, 0.25) is 0 Å². The van der Waals surface area contributed by atoms with Crippen molar-refractivity contribution in [2.75, 3.05) is 26.7 Å². The summed E-state index contributed by atoms with van der Waals surface area (Å²) < 4.78 is 14.6. The molecule has 1 aliphatic rings. The maximum atomic E-state index is 13.3. The normalized spacial score (nSPS) is 28.7. The van der Waals surface area contributed by atoms with Crippen molar-refractivity contribution in [3.63, 3.8) is 0 Å². The number of ketones is 3. The molecule has 1 aliphatic heterocycles. The molecule has 3 N–H and O–H groups in total. The zero-order valence-electron chi connectivity index (χ0n) is 23.9. The quantitative estimate of drug-likeness (QED) is 0.502. The Bertz CT molecular complexity index is 717. The molecular formula is C27H49N3O4. The SMILES string of the molecule is [2H]C([2H])CC=CC[C@@H](C)C(O)[C@H]1C(=O)CCCN[C@@H](C(C)C)C(=O)CN[C@@H](C)C(=O)CCCCN1C. The van der Waals surface area contributed by atoms with E-state index in [0.717, 1.165) is 6.42 Å². The van der Waals surface area contributed by atoms with Crippen LogP contribution in [0, 0.1) is 11.8 Å². The molecule has 7 heteroatoms. The van der Waals surface area contributed by atoms with E-state index in [0.29, 0.717) is 51.6 Å². The molecule has 0 aliphatic carbocycles. The van der Waals surface area contributed by atoms with Gasteiger partial charge in [0, 0.05) is 15.6 Å².